The second-order valence-electron chi connectivity index (χ2n) is 4.72. The number of para-hydroxylation sites is 1. The van der Waals surface area contributed by atoms with Gasteiger partial charge in [-0.2, -0.15) is 0 Å². The molecule has 0 spiro atoms. The van der Waals surface area contributed by atoms with Crippen LogP contribution in [-0.4, -0.2) is 0 Å². The molecule has 0 heterocycles. The summed E-state index contributed by atoms with van der Waals surface area (Å²) in [5.41, 5.74) is 6.10. The second-order valence-corrected chi connectivity index (χ2v) is 5.12. The van der Waals surface area contributed by atoms with Crippen molar-refractivity contribution in [3.05, 3.63) is 63.7 Å². The number of anilines is 1. The number of rotatable bonds is 3. The van der Waals surface area contributed by atoms with Crippen LogP contribution in [0.3, 0.4) is 0 Å². The van der Waals surface area contributed by atoms with E-state index in [-0.39, 0.29) is 0 Å². The fourth-order valence-electron chi connectivity index (χ4n) is 2.03. The van der Waals surface area contributed by atoms with E-state index in [0.29, 0.717) is 0 Å². The van der Waals surface area contributed by atoms with Crippen LogP contribution in [0.5, 0.6) is 0 Å². The van der Waals surface area contributed by atoms with Crippen LogP contribution in [0.15, 0.2) is 36.4 Å². The predicted molar refractivity (Wildman–Crippen MR) is 79.4 cm³/mol. The third-order valence-electron chi connectivity index (χ3n) is 3.18. The van der Waals surface area contributed by atoms with Crippen LogP contribution in [0.25, 0.3) is 0 Å². The smallest absolute Gasteiger partial charge is 0.0640 e. The van der Waals surface area contributed by atoms with Gasteiger partial charge in [-0.25, -0.2) is 0 Å². The van der Waals surface area contributed by atoms with Gasteiger partial charge in [-0.15, -0.1) is 0 Å². The first-order valence-electron chi connectivity index (χ1n) is 6.13. The molecule has 2 aromatic rings. The Hall–Kier alpha value is -1.47. The summed E-state index contributed by atoms with van der Waals surface area (Å²) in [5, 5.41) is 4.21. The summed E-state index contributed by atoms with van der Waals surface area (Å²) in [4.78, 5) is 0. The molecule has 2 aromatic carbocycles. The molecular formula is C16H18ClN. The van der Waals surface area contributed by atoms with E-state index in [4.69, 9.17) is 11.6 Å². The van der Waals surface area contributed by atoms with Crippen LogP contribution >= 0.6 is 11.6 Å². The lowest BCUT2D eigenvalue weighted by Crippen LogP contribution is -2.03. The molecule has 0 bridgehead atoms. The molecule has 1 nitrogen and oxygen atoms in total. The van der Waals surface area contributed by atoms with Gasteiger partial charge in [0.1, 0.15) is 0 Å². The molecule has 0 aliphatic carbocycles. The highest BCUT2D eigenvalue weighted by Crippen LogP contribution is 2.26. The van der Waals surface area contributed by atoms with E-state index in [1.54, 1.807) is 0 Å². The highest BCUT2D eigenvalue weighted by atomic mass is 35.5. The Kier molecular flexibility index (Phi) is 3.93. The third kappa shape index (κ3) is 2.85. The minimum Gasteiger partial charge on any atom is -0.380 e. The second kappa shape index (κ2) is 5.45. The van der Waals surface area contributed by atoms with Crippen molar-refractivity contribution in [2.24, 2.45) is 0 Å². The Labute approximate surface area is 114 Å². The van der Waals surface area contributed by atoms with Gasteiger partial charge in [-0.1, -0.05) is 47.5 Å². The van der Waals surface area contributed by atoms with Gasteiger partial charge in [0.05, 0.1) is 10.7 Å². The van der Waals surface area contributed by atoms with Crippen molar-refractivity contribution in [3.63, 3.8) is 0 Å². The topological polar surface area (TPSA) is 12.0 Å². The van der Waals surface area contributed by atoms with Crippen molar-refractivity contribution in [2.75, 3.05) is 5.32 Å². The molecule has 94 valence electrons. The van der Waals surface area contributed by atoms with E-state index in [2.05, 4.69) is 50.4 Å². The Morgan fingerprint density at radius 1 is 1.00 bits per heavy atom. The lowest BCUT2D eigenvalue weighted by molar-refractivity contribution is 1.10. The molecule has 18 heavy (non-hydrogen) atoms. The molecule has 0 radical (unpaired) electrons. The summed E-state index contributed by atoms with van der Waals surface area (Å²) in [7, 11) is 0. The van der Waals surface area contributed by atoms with E-state index < -0.39 is 0 Å². The largest absolute Gasteiger partial charge is 0.380 e. The zero-order valence-electron chi connectivity index (χ0n) is 11.0. The summed E-state index contributed by atoms with van der Waals surface area (Å²) < 4.78 is 0. The maximum absolute atomic E-state index is 6.20. The van der Waals surface area contributed by atoms with Crippen molar-refractivity contribution in [1.82, 2.24) is 0 Å². The van der Waals surface area contributed by atoms with Gasteiger partial charge in [-0.3, -0.25) is 0 Å². The lowest BCUT2D eigenvalue weighted by Gasteiger charge is -2.13. The van der Waals surface area contributed by atoms with Gasteiger partial charge in [0.2, 0.25) is 0 Å². The van der Waals surface area contributed by atoms with Crippen molar-refractivity contribution in [2.45, 2.75) is 27.3 Å². The van der Waals surface area contributed by atoms with Gasteiger partial charge in [-0.05, 0) is 43.5 Å². The van der Waals surface area contributed by atoms with Crippen LogP contribution in [0, 0.1) is 20.8 Å². The normalized spacial score (nSPS) is 10.4. The number of hydrogen-bond acceptors (Lipinski definition) is 1. The first kappa shape index (κ1) is 13.0. The lowest BCUT2D eigenvalue weighted by atomic mass is 10.1. The number of hydrogen-bond donors (Lipinski definition) is 1. The van der Waals surface area contributed by atoms with Gasteiger partial charge < -0.3 is 5.32 Å². The molecule has 0 aliphatic rings. The van der Waals surface area contributed by atoms with Gasteiger partial charge in [0.15, 0.2) is 0 Å². The van der Waals surface area contributed by atoms with Gasteiger partial charge in [0.25, 0.3) is 0 Å². The average molecular weight is 260 g/mol. The Morgan fingerprint density at radius 3 is 2.50 bits per heavy atom. The first-order chi connectivity index (χ1) is 8.58. The summed E-state index contributed by atoms with van der Waals surface area (Å²) in [6.45, 7) is 7.12. The number of aryl methyl sites for hydroxylation is 3. The number of benzene rings is 2. The maximum atomic E-state index is 6.20. The van der Waals surface area contributed by atoms with Crippen LogP contribution in [0.4, 0.5) is 5.69 Å². The van der Waals surface area contributed by atoms with Crippen LogP contribution in [0.1, 0.15) is 22.3 Å². The van der Waals surface area contributed by atoms with E-state index in [9.17, 15) is 0 Å². The quantitative estimate of drug-likeness (QED) is 0.829. The SMILES string of the molecule is Cc1ccc(C)c(CNc2c(C)cccc2Cl)c1. The number of halogens is 1. The highest BCUT2D eigenvalue weighted by Gasteiger charge is 2.04. The fraction of sp³-hybridized carbons (Fsp3) is 0.250. The van der Waals surface area contributed by atoms with Crippen molar-refractivity contribution in [3.8, 4) is 0 Å². The standard InChI is InChI=1S/C16H18ClN/c1-11-7-8-12(2)14(9-11)10-18-16-13(3)5-4-6-15(16)17/h4-9,18H,10H2,1-3H3. The predicted octanol–water partition coefficient (Wildman–Crippen LogP) is 4.88. The average Bonchev–Trinajstić information content (AvgIpc) is 2.33. The molecule has 0 saturated heterocycles. The Morgan fingerprint density at radius 2 is 1.78 bits per heavy atom. The van der Waals surface area contributed by atoms with Gasteiger partial charge in [0, 0.05) is 6.54 Å². The molecule has 1 N–H and O–H groups in total. The van der Waals surface area contributed by atoms with Crippen LogP contribution < -0.4 is 5.32 Å². The Bertz CT molecular complexity index is 541. The van der Waals surface area contributed by atoms with Crippen molar-refractivity contribution < 1.29 is 0 Å². The van der Waals surface area contributed by atoms with Gasteiger partial charge >= 0.3 is 0 Å². The molecule has 0 aromatic heterocycles. The molecule has 2 rings (SSSR count). The summed E-state index contributed by atoms with van der Waals surface area (Å²) >= 11 is 6.20. The van der Waals surface area contributed by atoms with E-state index in [1.807, 2.05) is 12.1 Å². The third-order valence-corrected chi connectivity index (χ3v) is 3.50. The van der Waals surface area contributed by atoms with Crippen LogP contribution in [-0.2, 0) is 6.54 Å². The van der Waals surface area contributed by atoms with Crippen LogP contribution in [0.2, 0.25) is 5.02 Å². The molecule has 0 fully saturated rings. The van der Waals surface area contributed by atoms with E-state index >= 15 is 0 Å². The fourth-order valence-corrected chi connectivity index (χ4v) is 2.32. The molecule has 0 unspecified atom stereocenters. The minimum atomic E-state index is 0.778. The molecule has 0 atom stereocenters. The molecule has 0 saturated carbocycles. The zero-order valence-corrected chi connectivity index (χ0v) is 11.8. The Balaban J connectivity index is 2.19. The number of nitrogens with one attached hydrogen (secondary N) is 1. The highest BCUT2D eigenvalue weighted by molar-refractivity contribution is 6.33. The first-order valence-corrected chi connectivity index (χ1v) is 6.51. The van der Waals surface area contributed by atoms with E-state index in [1.165, 1.54) is 22.3 Å². The van der Waals surface area contributed by atoms with E-state index in [0.717, 1.165) is 17.3 Å². The summed E-state index contributed by atoms with van der Waals surface area (Å²) in [6.07, 6.45) is 0. The summed E-state index contributed by atoms with van der Waals surface area (Å²) in [6, 6.07) is 12.5. The van der Waals surface area contributed by atoms with Crippen molar-refractivity contribution >= 4 is 17.3 Å². The molecule has 0 amide bonds. The molecule has 0 aliphatic heterocycles. The molecule has 2 heteroatoms. The summed E-state index contributed by atoms with van der Waals surface area (Å²) in [5.74, 6) is 0. The zero-order chi connectivity index (χ0) is 13.1. The maximum Gasteiger partial charge on any atom is 0.0640 e. The van der Waals surface area contributed by atoms with Crippen molar-refractivity contribution in [1.29, 1.82) is 0 Å². The molecular weight excluding hydrogens is 242 g/mol. The monoisotopic (exact) mass is 259 g/mol. The minimum absolute atomic E-state index is 0.778.